The first-order chi connectivity index (χ1) is 12.4. The highest BCUT2D eigenvalue weighted by molar-refractivity contribution is 8.23. The number of likely N-dealkylation sites (tertiary alicyclic amines) is 1. The van der Waals surface area contributed by atoms with Crippen LogP contribution in [0, 0.1) is 0 Å². The molecule has 26 heavy (non-hydrogen) atoms. The van der Waals surface area contributed by atoms with Crippen LogP contribution in [0.5, 0.6) is 0 Å². The summed E-state index contributed by atoms with van der Waals surface area (Å²) in [4.78, 5) is 37.8. The standard InChI is InChI=1S/C18H22N2O4S2/c1-12(21)14-7-3-4-8-15(14)19-17(23)13(2)24-16(22)11-26-18(25)20-9-5-6-10-20/h3-4,7-8,13H,5-6,9-11H2,1-2H3,(H,19,23)/t13-/m0/s1. The lowest BCUT2D eigenvalue weighted by atomic mass is 10.1. The zero-order chi connectivity index (χ0) is 19.1. The first-order valence-corrected chi connectivity index (χ1v) is 9.80. The minimum absolute atomic E-state index is 0.0665. The minimum atomic E-state index is -0.969. The Morgan fingerprint density at radius 2 is 1.92 bits per heavy atom. The number of rotatable bonds is 6. The summed E-state index contributed by atoms with van der Waals surface area (Å²) in [6.45, 7) is 4.77. The zero-order valence-corrected chi connectivity index (χ0v) is 16.5. The van der Waals surface area contributed by atoms with Crippen molar-refractivity contribution in [1.29, 1.82) is 0 Å². The highest BCUT2D eigenvalue weighted by atomic mass is 32.2. The number of nitrogens with zero attached hydrogens (tertiary/aromatic N) is 1. The summed E-state index contributed by atoms with van der Waals surface area (Å²) in [5.41, 5.74) is 0.809. The molecule has 1 aliphatic rings. The number of anilines is 1. The minimum Gasteiger partial charge on any atom is -0.452 e. The number of para-hydroxylation sites is 1. The first-order valence-electron chi connectivity index (χ1n) is 8.40. The van der Waals surface area contributed by atoms with Crippen molar-refractivity contribution >= 4 is 51.6 Å². The zero-order valence-electron chi connectivity index (χ0n) is 14.8. The second-order valence-electron chi connectivity index (χ2n) is 5.97. The first kappa shape index (κ1) is 20.4. The Morgan fingerprint density at radius 3 is 2.58 bits per heavy atom. The Hall–Kier alpha value is -1.93. The number of thiocarbonyl (C=S) groups is 1. The lowest BCUT2D eigenvalue weighted by Crippen LogP contribution is -2.31. The highest BCUT2D eigenvalue weighted by Crippen LogP contribution is 2.18. The number of Topliss-reactive ketones (excluding diaryl/α,β-unsaturated/α-hetero) is 1. The van der Waals surface area contributed by atoms with Gasteiger partial charge in [-0.05, 0) is 38.8 Å². The number of benzene rings is 1. The van der Waals surface area contributed by atoms with Gasteiger partial charge in [-0.25, -0.2) is 0 Å². The summed E-state index contributed by atoms with van der Waals surface area (Å²) in [5, 5.41) is 2.63. The van der Waals surface area contributed by atoms with Crippen LogP contribution in [0.15, 0.2) is 24.3 Å². The number of ether oxygens (including phenoxy) is 1. The summed E-state index contributed by atoms with van der Waals surface area (Å²) < 4.78 is 5.85. The van der Waals surface area contributed by atoms with E-state index < -0.39 is 18.0 Å². The molecular formula is C18H22N2O4S2. The lowest BCUT2D eigenvalue weighted by Gasteiger charge is -2.18. The van der Waals surface area contributed by atoms with Crippen LogP contribution >= 0.6 is 24.0 Å². The second-order valence-corrected chi connectivity index (χ2v) is 7.58. The van der Waals surface area contributed by atoms with Crippen molar-refractivity contribution in [3.8, 4) is 0 Å². The van der Waals surface area contributed by atoms with Gasteiger partial charge in [0.15, 0.2) is 11.9 Å². The van der Waals surface area contributed by atoms with Crippen molar-refractivity contribution in [3.05, 3.63) is 29.8 Å². The monoisotopic (exact) mass is 394 g/mol. The van der Waals surface area contributed by atoms with Gasteiger partial charge in [0.1, 0.15) is 4.32 Å². The Morgan fingerprint density at radius 1 is 1.27 bits per heavy atom. The molecule has 1 N–H and O–H groups in total. The number of esters is 1. The summed E-state index contributed by atoms with van der Waals surface area (Å²) in [5.74, 6) is -1.08. The molecule has 140 valence electrons. The van der Waals surface area contributed by atoms with Crippen molar-refractivity contribution < 1.29 is 19.1 Å². The van der Waals surface area contributed by atoms with Gasteiger partial charge in [0.05, 0.1) is 11.4 Å². The molecule has 0 unspecified atom stereocenters. The van der Waals surface area contributed by atoms with Gasteiger partial charge in [-0.2, -0.15) is 0 Å². The fourth-order valence-electron chi connectivity index (χ4n) is 2.53. The lowest BCUT2D eigenvalue weighted by molar-refractivity contribution is -0.150. The van der Waals surface area contributed by atoms with Gasteiger partial charge in [0.25, 0.3) is 5.91 Å². The van der Waals surface area contributed by atoms with Crippen LogP contribution in [0.2, 0.25) is 0 Å². The molecule has 1 aromatic carbocycles. The van der Waals surface area contributed by atoms with Crippen molar-refractivity contribution in [2.45, 2.75) is 32.8 Å². The average Bonchev–Trinajstić information content (AvgIpc) is 3.14. The van der Waals surface area contributed by atoms with Crippen LogP contribution in [0.4, 0.5) is 5.69 Å². The predicted molar refractivity (Wildman–Crippen MR) is 106 cm³/mol. The third kappa shape index (κ3) is 5.81. The molecule has 1 aromatic rings. The van der Waals surface area contributed by atoms with E-state index in [2.05, 4.69) is 10.2 Å². The number of hydrogen-bond acceptors (Lipinski definition) is 6. The van der Waals surface area contributed by atoms with Gasteiger partial charge in [-0.3, -0.25) is 14.4 Å². The quantitative estimate of drug-likeness (QED) is 0.452. The van der Waals surface area contributed by atoms with Crippen molar-refractivity contribution in [3.63, 3.8) is 0 Å². The maximum atomic E-state index is 12.2. The van der Waals surface area contributed by atoms with Crippen LogP contribution in [-0.4, -0.2) is 51.8 Å². The van der Waals surface area contributed by atoms with E-state index in [1.54, 1.807) is 24.3 Å². The van der Waals surface area contributed by atoms with Gasteiger partial charge in [-0.15, -0.1) is 0 Å². The smallest absolute Gasteiger partial charge is 0.317 e. The second kappa shape index (κ2) is 9.68. The normalized spacial score (nSPS) is 14.6. The molecule has 1 aliphatic heterocycles. The number of thioether (sulfide) groups is 1. The Labute approximate surface area is 162 Å². The van der Waals surface area contributed by atoms with E-state index in [1.807, 2.05) is 0 Å². The third-order valence-corrected chi connectivity index (χ3v) is 5.42. The van der Waals surface area contributed by atoms with E-state index in [4.69, 9.17) is 17.0 Å². The fraction of sp³-hybridized carbons (Fsp3) is 0.444. The summed E-state index contributed by atoms with van der Waals surface area (Å²) >= 11 is 6.54. The molecule has 0 spiro atoms. The summed E-state index contributed by atoms with van der Waals surface area (Å²) in [7, 11) is 0. The van der Waals surface area contributed by atoms with Gasteiger partial charge >= 0.3 is 5.97 Å². The van der Waals surface area contributed by atoms with Crippen molar-refractivity contribution in [2.75, 3.05) is 24.2 Å². The van der Waals surface area contributed by atoms with E-state index in [1.165, 1.54) is 25.6 Å². The molecule has 0 aromatic heterocycles. The summed E-state index contributed by atoms with van der Waals surface area (Å²) in [6, 6.07) is 6.70. The van der Waals surface area contributed by atoms with Gasteiger partial charge in [-0.1, -0.05) is 36.1 Å². The molecule has 0 bridgehead atoms. The molecule has 0 aliphatic carbocycles. The Kier molecular flexibility index (Phi) is 7.59. The molecule has 1 heterocycles. The van der Waals surface area contributed by atoms with Crippen molar-refractivity contribution in [1.82, 2.24) is 4.90 Å². The Balaban J connectivity index is 1.82. The number of ketones is 1. The van der Waals surface area contributed by atoms with E-state index in [-0.39, 0.29) is 11.5 Å². The third-order valence-electron chi connectivity index (χ3n) is 3.92. The van der Waals surface area contributed by atoms with Gasteiger partial charge < -0.3 is 15.0 Å². The highest BCUT2D eigenvalue weighted by Gasteiger charge is 2.21. The molecule has 0 radical (unpaired) electrons. The number of amides is 1. The van der Waals surface area contributed by atoms with Crippen LogP contribution in [0.25, 0.3) is 0 Å². The number of carbonyl (C=O) groups excluding carboxylic acids is 3. The molecule has 1 saturated heterocycles. The maximum absolute atomic E-state index is 12.2. The topological polar surface area (TPSA) is 75.7 Å². The fourth-order valence-corrected chi connectivity index (χ4v) is 3.56. The molecule has 6 nitrogen and oxygen atoms in total. The predicted octanol–water partition coefficient (Wildman–Crippen LogP) is 2.87. The van der Waals surface area contributed by atoms with Crippen LogP contribution in [0.3, 0.4) is 0 Å². The molecule has 1 atom stereocenters. The van der Waals surface area contributed by atoms with E-state index in [0.717, 1.165) is 25.9 Å². The van der Waals surface area contributed by atoms with Gasteiger partial charge in [0, 0.05) is 18.7 Å². The summed E-state index contributed by atoms with van der Waals surface area (Å²) in [6.07, 6.45) is 1.26. The molecule has 8 heteroatoms. The molecular weight excluding hydrogens is 372 g/mol. The van der Waals surface area contributed by atoms with Gasteiger partial charge in [0.2, 0.25) is 0 Å². The largest absolute Gasteiger partial charge is 0.452 e. The number of hydrogen-bond donors (Lipinski definition) is 1. The molecule has 2 rings (SSSR count). The van der Waals surface area contributed by atoms with Crippen molar-refractivity contribution in [2.24, 2.45) is 0 Å². The maximum Gasteiger partial charge on any atom is 0.317 e. The van der Waals surface area contributed by atoms with E-state index in [9.17, 15) is 14.4 Å². The molecule has 1 amide bonds. The van der Waals surface area contributed by atoms with Crippen LogP contribution in [-0.2, 0) is 14.3 Å². The van der Waals surface area contributed by atoms with Crippen LogP contribution < -0.4 is 5.32 Å². The van der Waals surface area contributed by atoms with E-state index >= 15 is 0 Å². The Bertz CT molecular complexity index is 702. The van der Waals surface area contributed by atoms with E-state index in [0.29, 0.717) is 15.6 Å². The van der Waals surface area contributed by atoms with Crippen LogP contribution in [0.1, 0.15) is 37.0 Å². The SMILES string of the molecule is CC(=O)c1ccccc1NC(=O)[C@H](C)OC(=O)CSC(=S)N1CCCC1. The number of nitrogens with one attached hydrogen (secondary N) is 1. The number of carbonyl (C=O) groups is 3. The molecule has 0 saturated carbocycles. The average molecular weight is 395 g/mol. The molecule has 1 fully saturated rings.